The van der Waals surface area contributed by atoms with Gasteiger partial charge in [-0.25, -0.2) is 0 Å². The highest BCUT2D eigenvalue weighted by Gasteiger charge is 2.40. The smallest absolute Gasteiger partial charge is 0.416 e. The fourth-order valence-electron chi connectivity index (χ4n) is 4.70. The van der Waals surface area contributed by atoms with Crippen LogP contribution in [0, 0.1) is 5.92 Å². The van der Waals surface area contributed by atoms with Gasteiger partial charge >= 0.3 is 6.18 Å². The molecule has 0 bridgehead atoms. The summed E-state index contributed by atoms with van der Waals surface area (Å²) in [6.07, 6.45) is -2.62. The number of hydrogen-bond donors (Lipinski definition) is 2. The van der Waals surface area contributed by atoms with Gasteiger partial charge in [0, 0.05) is 13.5 Å². The van der Waals surface area contributed by atoms with Crippen molar-refractivity contribution < 1.29 is 27.9 Å². The second kappa shape index (κ2) is 7.90. The van der Waals surface area contributed by atoms with Gasteiger partial charge < -0.3 is 15.3 Å². The van der Waals surface area contributed by atoms with Gasteiger partial charge in [0.1, 0.15) is 5.75 Å². The minimum Gasteiger partial charge on any atom is -0.508 e. The molecule has 1 fully saturated rings. The lowest BCUT2D eigenvalue weighted by Gasteiger charge is -2.39. The summed E-state index contributed by atoms with van der Waals surface area (Å²) < 4.78 is 38.8. The van der Waals surface area contributed by atoms with Crippen molar-refractivity contribution in [2.75, 3.05) is 7.05 Å². The predicted molar refractivity (Wildman–Crippen MR) is 107 cm³/mol. The maximum Gasteiger partial charge on any atom is 0.416 e. The zero-order valence-electron chi connectivity index (χ0n) is 16.9. The van der Waals surface area contributed by atoms with Crippen LogP contribution in [-0.4, -0.2) is 28.9 Å². The van der Waals surface area contributed by atoms with E-state index >= 15 is 0 Å². The second-order valence-electron chi connectivity index (χ2n) is 8.16. The molecule has 0 saturated carbocycles. The number of fused-ring (bicyclic) bond motifs is 1. The summed E-state index contributed by atoms with van der Waals surface area (Å²) in [5.41, 5.74) is 1.42. The lowest BCUT2D eigenvalue weighted by molar-refractivity contribution is -0.142. The lowest BCUT2D eigenvalue weighted by atomic mass is 9.83. The molecule has 1 aliphatic heterocycles. The number of alkyl halides is 3. The van der Waals surface area contributed by atoms with Crippen LogP contribution in [0.3, 0.4) is 0 Å². The maximum atomic E-state index is 13.2. The van der Waals surface area contributed by atoms with Crippen LogP contribution in [0.15, 0.2) is 42.5 Å². The number of nitrogens with zero attached hydrogens (tertiary/aromatic N) is 1. The van der Waals surface area contributed by atoms with E-state index in [2.05, 4.69) is 5.32 Å². The molecule has 1 aliphatic carbocycles. The van der Waals surface area contributed by atoms with Crippen LogP contribution in [0.2, 0.25) is 0 Å². The molecule has 1 heterocycles. The van der Waals surface area contributed by atoms with Gasteiger partial charge in [-0.1, -0.05) is 24.3 Å². The van der Waals surface area contributed by atoms with Crippen molar-refractivity contribution in [3.8, 4) is 5.75 Å². The molecule has 164 valence electrons. The average Bonchev–Trinajstić information content (AvgIpc) is 3.13. The van der Waals surface area contributed by atoms with Crippen LogP contribution >= 0.6 is 0 Å². The molecule has 8 heteroatoms. The monoisotopic (exact) mass is 432 g/mol. The molecule has 0 spiro atoms. The number of carbonyl (C=O) groups is 2. The number of amides is 2. The molecule has 2 aliphatic rings. The quantitative estimate of drug-likeness (QED) is 0.767. The lowest BCUT2D eigenvalue weighted by Crippen LogP contribution is -2.46. The molecule has 0 radical (unpaired) electrons. The zero-order valence-corrected chi connectivity index (χ0v) is 16.9. The molecule has 5 nitrogen and oxygen atoms in total. The van der Waals surface area contributed by atoms with Gasteiger partial charge in [0.15, 0.2) is 0 Å². The van der Waals surface area contributed by atoms with E-state index in [9.17, 15) is 27.9 Å². The molecule has 4 rings (SSSR count). The van der Waals surface area contributed by atoms with Crippen molar-refractivity contribution in [1.29, 1.82) is 0 Å². The number of halogens is 3. The fraction of sp³-hybridized carbons (Fsp3) is 0.391. The Bertz CT molecular complexity index is 1000. The third-order valence-corrected chi connectivity index (χ3v) is 6.34. The minimum absolute atomic E-state index is 0.148. The Balaban J connectivity index is 1.58. The molecule has 2 aromatic carbocycles. The number of likely N-dealkylation sites (tertiary alicyclic amines) is 1. The molecule has 3 unspecified atom stereocenters. The van der Waals surface area contributed by atoms with E-state index in [1.165, 1.54) is 17.0 Å². The number of piperidine rings is 1. The number of phenolic OH excluding ortho intramolecular Hbond substituents is 1. The van der Waals surface area contributed by atoms with Crippen molar-refractivity contribution in [2.24, 2.45) is 5.92 Å². The summed E-state index contributed by atoms with van der Waals surface area (Å²) in [4.78, 5) is 27.0. The van der Waals surface area contributed by atoms with E-state index in [-0.39, 0.29) is 30.0 Å². The van der Waals surface area contributed by atoms with Crippen molar-refractivity contribution in [2.45, 2.75) is 43.9 Å². The Morgan fingerprint density at radius 3 is 2.48 bits per heavy atom. The number of nitrogens with one attached hydrogen (secondary N) is 1. The van der Waals surface area contributed by atoms with Crippen molar-refractivity contribution >= 4 is 11.8 Å². The van der Waals surface area contributed by atoms with Crippen LogP contribution in [-0.2, 0) is 22.2 Å². The topological polar surface area (TPSA) is 69.6 Å². The second-order valence-corrected chi connectivity index (χ2v) is 8.16. The van der Waals surface area contributed by atoms with E-state index in [1.54, 1.807) is 19.2 Å². The normalized spacial score (nSPS) is 23.5. The summed E-state index contributed by atoms with van der Waals surface area (Å²) in [6, 6.07) is 8.97. The van der Waals surface area contributed by atoms with Gasteiger partial charge in [0.05, 0.1) is 23.6 Å². The standard InChI is InChI=1S/C23H23F3N2O3/c1-28-20(30)12-10-17(21(28)13-5-7-14(8-6-13)23(24,25)26)22(31)27-18-11-9-16-15(18)3-2-4-19(16)29/h2-8,17-18,21,29H,9-12H2,1H3,(H,27,31). The highest BCUT2D eigenvalue weighted by atomic mass is 19.4. The van der Waals surface area contributed by atoms with Crippen molar-refractivity contribution in [3.63, 3.8) is 0 Å². The first kappa shape index (κ1) is 21.2. The number of aromatic hydroxyl groups is 1. The summed E-state index contributed by atoms with van der Waals surface area (Å²) in [6.45, 7) is 0. The van der Waals surface area contributed by atoms with Crippen LogP contribution in [0.4, 0.5) is 13.2 Å². The van der Waals surface area contributed by atoms with Gasteiger partial charge in [-0.2, -0.15) is 13.2 Å². The third kappa shape index (κ3) is 3.98. The highest BCUT2D eigenvalue weighted by molar-refractivity contribution is 5.85. The first-order valence-electron chi connectivity index (χ1n) is 10.2. The average molecular weight is 432 g/mol. The van der Waals surface area contributed by atoms with E-state index in [0.717, 1.165) is 23.3 Å². The maximum absolute atomic E-state index is 13.2. The molecule has 31 heavy (non-hydrogen) atoms. The van der Waals surface area contributed by atoms with Gasteiger partial charge in [-0.3, -0.25) is 9.59 Å². The summed E-state index contributed by atoms with van der Waals surface area (Å²) in [5.74, 6) is -0.767. The fourth-order valence-corrected chi connectivity index (χ4v) is 4.70. The molecule has 3 atom stereocenters. The Kier molecular flexibility index (Phi) is 5.41. The van der Waals surface area contributed by atoms with E-state index in [1.807, 2.05) is 6.07 Å². The van der Waals surface area contributed by atoms with Crippen LogP contribution in [0.5, 0.6) is 5.75 Å². The van der Waals surface area contributed by atoms with Crippen molar-refractivity contribution in [3.05, 3.63) is 64.7 Å². The molecular formula is C23H23F3N2O3. The van der Waals surface area contributed by atoms with Crippen LogP contribution in [0.25, 0.3) is 0 Å². The first-order valence-corrected chi connectivity index (χ1v) is 10.2. The van der Waals surface area contributed by atoms with E-state index < -0.39 is 23.7 Å². The van der Waals surface area contributed by atoms with Crippen LogP contribution in [0.1, 0.15) is 53.6 Å². The Hall–Kier alpha value is -3.03. The van der Waals surface area contributed by atoms with Gasteiger partial charge in [0.25, 0.3) is 0 Å². The number of benzene rings is 2. The Morgan fingerprint density at radius 1 is 1.10 bits per heavy atom. The Labute approximate surface area is 177 Å². The highest BCUT2D eigenvalue weighted by Crippen LogP contribution is 2.40. The largest absolute Gasteiger partial charge is 0.508 e. The third-order valence-electron chi connectivity index (χ3n) is 6.34. The SMILES string of the molecule is CN1C(=O)CCC(C(=O)NC2CCc3c(O)cccc32)C1c1ccc(C(F)(F)F)cc1. The van der Waals surface area contributed by atoms with Crippen molar-refractivity contribution in [1.82, 2.24) is 10.2 Å². The van der Waals surface area contributed by atoms with Gasteiger partial charge in [-0.15, -0.1) is 0 Å². The van der Waals surface area contributed by atoms with E-state index in [0.29, 0.717) is 24.8 Å². The number of carbonyl (C=O) groups excluding carboxylic acids is 2. The summed E-state index contributed by atoms with van der Waals surface area (Å²) in [7, 11) is 1.58. The van der Waals surface area contributed by atoms with Gasteiger partial charge in [0.2, 0.25) is 11.8 Å². The first-order chi connectivity index (χ1) is 14.7. The number of phenols is 1. The molecule has 2 amide bonds. The molecule has 0 aromatic heterocycles. The predicted octanol–water partition coefficient (Wildman–Crippen LogP) is 4.12. The molecule has 2 aromatic rings. The molecule has 2 N–H and O–H groups in total. The zero-order chi connectivity index (χ0) is 22.3. The number of rotatable bonds is 3. The Morgan fingerprint density at radius 2 is 1.81 bits per heavy atom. The van der Waals surface area contributed by atoms with Crippen LogP contribution < -0.4 is 5.32 Å². The number of hydrogen-bond acceptors (Lipinski definition) is 3. The molecular weight excluding hydrogens is 409 g/mol. The van der Waals surface area contributed by atoms with E-state index in [4.69, 9.17) is 0 Å². The summed E-state index contributed by atoms with van der Waals surface area (Å²) >= 11 is 0. The summed E-state index contributed by atoms with van der Waals surface area (Å²) in [5, 5.41) is 13.1. The molecule has 1 saturated heterocycles. The minimum atomic E-state index is -4.45. The van der Waals surface area contributed by atoms with Gasteiger partial charge in [-0.05, 0) is 54.2 Å².